The highest BCUT2D eigenvalue weighted by Gasteiger charge is 2.08. The Bertz CT molecular complexity index is 579. The van der Waals surface area contributed by atoms with Gasteiger partial charge in [0.1, 0.15) is 6.33 Å². The number of nitrogens with one attached hydrogen (secondary N) is 1. The summed E-state index contributed by atoms with van der Waals surface area (Å²) in [5.74, 6) is -0.251. The number of carbonyl (C=O) groups is 1. The molecular weight excluding hydrogens is 236 g/mol. The van der Waals surface area contributed by atoms with Crippen LogP contribution in [-0.4, -0.2) is 35.8 Å². The number of aromatic nitrogens is 5. The van der Waals surface area contributed by atoms with Crippen molar-refractivity contribution >= 4 is 11.9 Å². The fourth-order valence-electron chi connectivity index (χ4n) is 1.38. The van der Waals surface area contributed by atoms with E-state index in [1.807, 2.05) is 0 Å². The highest BCUT2D eigenvalue weighted by molar-refractivity contribution is 5.85. The smallest absolute Gasteiger partial charge is 0.354 e. The molecule has 2 heterocycles. The third-order valence-electron chi connectivity index (χ3n) is 2.12. The molecule has 0 radical (unpaired) electrons. The van der Waals surface area contributed by atoms with Crippen LogP contribution in [0.3, 0.4) is 0 Å². The summed E-state index contributed by atoms with van der Waals surface area (Å²) in [5.41, 5.74) is 0.540. The number of nitrogens with zero attached hydrogens (tertiary/aromatic N) is 5. The maximum atomic E-state index is 10.8. The molecule has 2 N–H and O–H groups in total. The highest BCUT2D eigenvalue weighted by Crippen LogP contribution is 2.05. The van der Waals surface area contributed by atoms with Crippen molar-refractivity contribution < 1.29 is 9.90 Å². The number of aromatic carboxylic acids is 1. The predicted molar refractivity (Wildman–Crippen MR) is 62.1 cm³/mol. The molecule has 2 aromatic heterocycles. The molecule has 8 nitrogen and oxygen atoms in total. The van der Waals surface area contributed by atoms with E-state index in [4.69, 9.17) is 5.11 Å². The minimum Gasteiger partial charge on any atom is -0.477 e. The molecule has 0 aromatic carbocycles. The second-order valence-electron chi connectivity index (χ2n) is 3.71. The molecule has 0 aliphatic heterocycles. The Morgan fingerprint density at radius 2 is 2.28 bits per heavy atom. The van der Waals surface area contributed by atoms with Gasteiger partial charge >= 0.3 is 5.97 Å². The van der Waals surface area contributed by atoms with Crippen molar-refractivity contribution in [2.75, 3.05) is 5.32 Å². The zero-order valence-electron chi connectivity index (χ0n) is 9.95. The molecule has 8 heteroatoms. The van der Waals surface area contributed by atoms with Crippen LogP contribution in [0.2, 0.25) is 0 Å². The van der Waals surface area contributed by atoms with E-state index in [0.717, 1.165) is 0 Å². The molecule has 0 fully saturated rings. The third kappa shape index (κ3) is 2.78. The first-order valence-corrected chi connectivity index (χ1v) is 5.22. The maximum absolute atomic E-state index is 10.8. The largest absolute Gasteiger partial charge is 0.477 e. The summed E-state index contributed by atoms with van der Waals surface area (Å²) in [6, 6.07) is 1.41. The second kappa shape index (κ2) is 4.78. The number of hydrogen-bond acceptors (Lipinski definition) is 6. The van der Waals surface area contributed by atoms with Crippen molar-refractivity contribution in [2.24, 2.45) is 7.05 Å². The topological polar surface area (TPSA) is 106 Å². The molecule has 2 aromatic rings. The summed E-state index contributed by atoms with van der Waals surface area (Å²) in [4.78, 5) is 22.8. The zero-order valence-corrected chi connectivity index (χ0v) is 9.95. The molecule has 0 aliphatic carbocycles. The molecule has 94 valence electrons. The highest BCUT2D eigenvalue weighted by atomic mass is 16.4. The van der Waals surface area contributed by atoms with Gasteiger partial charge in [0.15, 0.2) is 11.5 Å². The van der Waals surface area contributed by atoms with Crippen molar-refractivity contribution in [3.63, 3.8) is 0 Å². The molecule has 18 heavy (non-hydrogen) atoms. The van der Waals surface area contributed by atoms with Gasteiger partial charge in [-0.05, 0) is 13.0 Å². The van der Waals surface area contributed by atoms with Crippen molar-refractivity contribution in [3.05, 3.63) is 29.6 Å². The van der Waals surface area contributed by atoms with E-state index in [0.29, 0.717) is 18.1 Å². The van der Waals surface area contributed by atoms with Crippen LogP contribution in [0.5, 0.6) is 0 Å². The van der Waals surface area contributed by atoms with E-state index in [1.54, 1.807) is 25.0 Å². The predicted octanol–water partition coefficient (Wildman–Crippen LogP) is 0.224. The van der Waals surface area contributed by atoms with E-state index in [9.17, 15) is 4.79 Å². The summed E-state index contributed by atoms with van der Waals surface area (Å²) in [7, 11) is 1.77. The molecule has 0 bridgehead atoms. The van der Waals surface area contributed by atoms with Crippen LogP contribution < -0.4 is 5.32 Å². The van der Waals surface area contributed by atoms with Crippen molar-refractivity contribution in [2.45, 2.75) is 13.5 Å². The standard InChI is InChI=1S/C10H12N6O2/c1-6-3-7(9(17)18)14-10(13-6)11-4-8-12-5-16(2)15-8/h3,5H,4H2,1-2H3,(H,17,18)(H,11,13,14). The second-order valence-corrected chi connectivity index (χ2v) is 3.71. The molecule has 0 spiro atoms. The summed E-state index contributed by atoms with van der Waals surface area (Å²) >= 11 is 0. The Morgan fingerprint density at radius 1 is 1.50 bits per heavy atom. The molecule has 0 amide bonds. The molecule has 0 saturated carbocycles. The first-order chi connectivity index (χ1) is 8.54. The lowest BCUT2D eigenvalue weighted by Crippen LogP contribution is -2.10. The van der Waals surface area contributed by atoms with Gasteiger partial charge in [-0.25, -0.2) is 19.7 Å². The molecule has 0 atom stereocenters. The van der Waals surface area contributed by atoms with Gasteiger partial charge < -0.3 is 10.4 Å². The first kappa shape index (κ1) is 12.0. The van der Waals surface area contributed by atoms with E-state index in [2.05, 4.69) is 25.4 Å². The van der Waals surface area contributed by atoms with Crippen LogP contribution in [0, 0.1) is 6.92 Å². The van der Waals surface area contributed by atoms with E-state index in [1.165, 1.54) is 6.07 Å². The lowest BCUT2D eigenvalue weighted by Gasteiger charge is -2.04. The van der Waals surface area contributed by atoms with Crippen LogP contribution in [0.25, 0.3) is 0 Å². The Hall–Kier alpha value is -2.51. The van der Waals surface area contributed by atoms with Gasteiger partial charge in [0.25, 0.3) is 0 Å². The molecule has 0 aliphatic rings. The molecule has 0 unspecified atom stereocenters. The minimum absolute atomic E-state index is 0.0426. The van der Waals surface area contributed by atoms with Crippen LogP contribution in [0.1, 0.15) is 22.0 Å². The Labute approximate surface area is 103 Å². The molecule has 0 saturated heterocycles. The van der Waals surface area contributed by atoms with Crippen LogP contribution in [0.4, 0.5) is 5.95 Å². The summed E-state index contributed by atoms with van der Waals surface area (Å²) in [5, 5.41) is 15.8. The van der Waals surface area contributed by atoms with E-state index >= 15 is 0 Å². The van der Waals surface area contributed by atoms with Crippen molar-refractivity contribution in [3.8, 4) is 0 Å². The lowest BCUT2D eigenvalue weighted by molar-refractivity contribution is 0.0690. The third-order valence-corrected chi connectivity index (χ3v) is 2.12. The quantitative estimate of drug-likeness (QED) is 0.797. The van der Waals surface area contributed by atoms with Gasteiger partial charge in [-0.1, -0.05) is 0 Å². The number of aryl methyl sites for hydroxylation is 2. The van der Waals surface area contributed by atoms with Crippen molar-refractivity contribution in [1.82, 2.24) is 24.7 Å². The number of carboxylic acids is 1. The van der Waals surface area contributed by atoms with Gasteiger partial charge in [-0.15, -0.1) is 0 Å². The lowest BCUT2D eigenvalue weighted by atomic mass is 10.3. The SMILES string of the molecule is Cc1cc(C(=O)O)nc(NCc2ncn(C)n2)n1. The van der Waals surface area contributed by atoms with Gasteiger partial charge in [-0.2, -0.15) is 5.10 Å². The first-order valence-electron chi connectivity index (χ1n) is 5.22. The number of hydrogen-bond donors (Lipinski definition) is 2. The fourth-order valence-corrected chi connectivity index (χ4v) is 1.38. The van der Waals surface area contributed by atoms with Gasteiger partial charge in [0, 0.05) is 12.7 Å². The van der Waals surface area contributed by atoms with Gasteiger partial charge in [0.2, 0.25) is 5.95 Å². The average molecular weight is 248 g/mol. The van der Waals surface area contributed by atoms with Gasteiger partial charge in [0.05, 0.1) is 6.54 Å². The fraction of sp³-hybridized carbons (Fsp3) is 0.300. The van der Waals surface area contributed by atoms with Gasteiger partial charge in [-0.3, -0.25) is 4.68 Å². The minimum atomic E-state index is -1.08. The zero-order chi connectivity index (χ0) is 13.1. The van der Waals surface area contributed by atoms with E-state index < -0.39 is 5.97 Å². The average Bonchev–Trinajstić information content (AvgIpc) is 2.72. The number of rotatable bonds is 4. The Morgan fingerprint density at radius 3 is 2.89 bits per heavy atom. The molecular formula is C10H12N6O2. The van der Waals surface area contributed by atoms with E-state index in [-0.39, 0.29) is 11.6 Å². The number of carboxylic acid groups (broad SMARTS) is 1. The van der Waals surface area contributed by atoms with Crippen molar-refractivity contribution in [1.29, 1.82) is 0 Å². The summed E-state index contributed by atoms with van der Waals surface area (Å²) in [6.45, 7) is 2.04. The summed E-state index contributed by atoms with van der Waals surface area (Å²) < 4.78 is 1.58. The Kier molecular flexibility index (Phi) is 3.18. The number of anilines is 1. The molecule has 2 rings (SSSR count). The normalized spacial score (nSPS) is 10.3. The van der Waals surface area contributed by atoms with Crippen LogP contribution in [0.15, 0.2) is 12.4 Å². The maximum Gasteiger partial charge on any atom is 0.354 e. The summed E-state index contributed by atoms with van der Waals surface area (Å²) in [6.07, 6.45) is 1.58. The Balaban J connectivity index is 2.11. The monoisotopic (exact) mass is 248 g/mol. The van der Waals surface area contributed by atoms with Crippen LogP contribution >= 0.6 is 0 Å². The van der Waals surface area contributed by atoms with Crippen LogP contribution in [-0.2, 0) is 13.6 Å².